The van der Waals surface area contributed by atoms with Crippen LogP contribution in [-0.2, 0) is 0 Å². The van der Waals surface area contributed by atoms with Gasteiger partial charge in [-0.2, -0.15) is 0 Å². The monoisotopic (exact) mass is 258 g/mol. The minimum Gasteiger partial charge on any atom is -0.306 e. The quantitative estimate of drug-likeness (QED) is 0.729. The Balaban J connectivity index is 2.31. The fraction of sp³-hybridized carbons (Fsp3) is 0. The Hall–Kier alpha value is -2.56. The minimum absolute atomic E-state index is 0.0265. The molecule has 0 fully saturated rings. The van der Waals surface area contributed by atoms with Crippen molar-refractivity contribution in [1.29, 1.82) is 0 Å². The van der Waals surface area contributed by atoms with Crippen molar-refractivity contribution in [1.82, 2.24) is 9.97 Å². The molecule has 1 N–H and O–H groups in total. The number of hydrogen-bond donors (Lipinski definition) is 1. The first-order chi connectivity index (χ1) is 9.15. The van der Waals surface area contributed by atoms with Crippen LogP contribution < -0.4 is 5.56 Å². The first kappa shape index (κ1) is 11.5. The lowest BCUT2D eigenvalue weighted by Gasteiger charge is -2.03. The van der Waals surface area contributed by atoms with Gasteiger partial charge < -0.3 is 4.98 Å². The van der Waals surface area contributed by atoms with Gasteiger partial charge >= 0.3 is 0 Å². The largest absolute Gasteiger partial charge is 0.306 e. The van der Waals surface area contributed by atoms with E-state index in [1.165, 1.54) is 0 Å². The molecule has 2 aromatic carbocycles. The second-order valence-corrected chi connectivity index (χ2v) is 4.06. The molecule has 0 atom stereocenters. The molecular weight excluding hydrogens is 250 g/mol. The topological polar surface area (TPSA) is 45.8 Å². The first-order valence-electron chi connectivity index (χ1n) is 5.59. The van der Waals surface area contributed by atoms with Gasteiger partial charge in [-0.3, -0.25) is 4.79 Å². The number of nitrogens with zero attached hydrogens (tertiary/aromatic N) is 1. The molecule has 0 saturated carbocycles. The summed E-state index contributed by atoms with van der Waals surface area (Å²) in [6.07, 6.45) is 0. The van der Waals surface area contributed by atoms with Gasteiger partial charge in [0.2, 0.25) is 0 Å². The summed E-state index contributed by atoms with van der Waals surface area (Å²) in [5.74, 6) is -1.76. The number of benzene rings is 2. The van der Waals surface area contributed by atoms with Crippen molar-refractivity contribution >= 4 is 10.9 Å². The summed E-state index contributed by atoms with van der Waals surface area (Å²) in [6, 6.07) is 10.7. The van der Waals surface area contributed by atoms with E-state index in [4.69, 9.17) is 0 Å². The Labute approximate surface area is 106 Å². The number of hydrogen-bond acceptors (Lipinski definition) is 2. The van der Waals surface area contributed by atoms with Crippen LogP contribution in [0, 0.1) is 11.6 Å². The molecule has 0 bridgehead atoms. The predicted octanol–water partition coefficient (Wildman–Crippen LogP) is 2.87. The van der Waals surface area contributed by atoms with E-state index in [2.05, 4.69) is 9.97 Å². The molecule has 5 heteroatoms. The van der Waals surface area contributed by atoms with Crippen LogP contribution >= 0.6 is 0 Å². The Morgan fingerprint density at radius 2 is 1.68 bits per heavy atom. The number of fused-ring (bicyclic) bond motifs is 1. The van der Waals surface area contributed by atoms with Crippen molar-refractivity contribution in [2.75, 3.05) is 0 Å². The Kier molecular flexibility index (Phi) is 2.59. The molecule has 94 valence electrons. The van der Waals surface area contributed by atoms with E-state index in [1.54, 1.807) is 24.3 Å². The van der Waals surface area contributed by atoms with Crippen LogP contribution in [0.4, 0.5) is 8.78 Å². The summed E-state index contributed by atoms with van der Waals surface area (Å²) in [4.78, 5) is 18.6. The molecule has 0 aliphatic rings. The molecule has 19 heavy (non-hydrogen) atoms. The van der Waals surface area contributed by atoms with Gasteiger partial charge in [0.25, 0.3) is 5.56 Å². The second-order valence-electron chi connectivity index (χ2n) is 4.06. The molecule has 0 aliphatic carbocycles. The highest BCUT2D eigenvalue weighted by Crippen LogP contribution is 2.18. The molecule has 0 radical (unpaired) electrons. The summed E-state index contributed by atoms with van der Waals surface area (Å²) >= 11 is 0. The number of halogens is 2. The van der Waals surface area contributed by atoms with Gasteiger partial charge in [0.1, 0.15) is 5.82 Å². The molecule has 1 heterocycles. The highest BCUT2D eigenvalue weighted by Gasteiger charge is 2.10. The molecule has 3 nitrogen and oxygen atoms in total. The number of aromatic nitrogens is 2. The summed E-state index contributed by atoms with van der Waals surface area (Å²) < 4.78 is 26.3. The molecule has 3 rings (SSSR count). The molecule has 3 aromatic rings. The van der Waals surface area contributed by atoms with Crippen molar-refractivity contribution in [2.24, 2.45) is 0 Å². The predicted molar refractivity (Wildman–Crippen MR) is 67.7 cm³/mol. The average molecular weight is 258 g/mol. The third-order valence-electron chi connectivity index (χ3n) is 2.79. The van der Waals surface area contributed by atoms with Crippen molar-refractivity contribution in [3.05, 3.63) is 64.5 Å². The highest BCUT2D eigenvalue weighted by molar-refractivity contribution is 5.79. The molecular formula is C14H8F2N2O. The van der Waals surface area contributed by atoms with E-state index < -0.39 is 17.2 Å². The number of H-pyrrole nitrogens is 1. The lowest BCUT2D eigenvalue weighted by atomic mass is 10.2. The molecule has 0 amide bonds. The van der Waals surface area contributed by atoms with Crippen LogP contribution in [0.2, 0.25) is 0 Å². The first-order valence-corrected chi connectivity index (χ1v) is 5.59. The Morgan fingerprint density at radius 3 is 2.42 bits per heavy atom. The van der Waals surface area contributed by atoms with E-state index in [1.807, 2.05) is 6.07 Å². The van der Waals surface area contributed by atoms with E-state index >= 15 is 0 Å². The molecule has 0 unspecified atom stereocenters. The maximum Gasteiger partial charge on any atom is 0.259 e. The van der Waals surface area contributed by atoms with Gasteiger partial charge in [-0.1, -0.05) is 30.3 Å². The van der Waals surface area contributed by atoms with Crippen LogP contribution in [0.15, 0.2) is 47.3 Å². The normalized spacial score (nSPS) is 10.8. The summed E-state index contributed by atoms with van der Waals surface area (Å²) in [5.41, 5.74) is 0.329. The summed E-state index contributed by atoms with van der Waals surface area (Å²) in [7, 11) is 0. The SMILES string of the molecule is O=c1[nH]c(-c2ccccc2)nc2cc(F)c(F)cc12. The zero-order chi connectivity index (χ0) is 13.4. The standard InChI is InChI=1S/C14H8F2N2O/c15-10-6-9-12(7-11(10)16)17-13(18-14(9)19)8-4-2-1-3-5-8/h1-7H,(H,17,18,19). The van der Waals surface area contributed by atoms with Crippen molar-refractivity contribution in [3.63, 3.8) is 0 Å². The smallest absolute Gasteiger partial charge is 0.259 e. The van der Waals surface area contributed by atoms with Crippen molar-refractivity contribution in [3.8, 4) is 11.4 Å². The maximum atomic E-state index is 13.2. The van der Waals surface area contributed by atoms with Gasteiger partial charge in [0.05, 0.1) is 10.9 Å². The van der Waals surface area contributed by atoms with Crippen LogP contribution in [-0.4, -0.2) is 9.97 Å². The highest BCUT2D eigenvalue weighted by atomic mass is 19.2. The third-order valence-corrected chi connectivity index (χ3v) is 2.79. The average Bonchev–Trinajstić information content (AvgIpc) is 2.42. The fourth-order valence-corrected chi connectivity index (χ4v) is 1.87. The summed E-state index contributed by atoms with van der Waals surface area (Å²) in [6.45, 7) is 0. The van der Waals surface area contributed by atoms with Gasteiger partial charge in [-0.15, -0.1) is 0 Å². The van der Waals surface area contributed by atoms with Gasteiger partial charge in [0, 0.05) is 11.6 Å². The zero-order valence-corrected chi connectivity index (χ0v) is 9.65. The van der Waals surface area contributed by atoms with Gasteiger partial charge in [0.15, 0.2) is 11.6 Å². The Bertz CT molecular complexity index is 813. The van der Waals surface area contributed by atoms with Crippen LogP contribution in [0.5, 0.6) is 0 Å². The van der Waals surface area contributed by atoms with Gasteiger partial charge in [-0.25, -0.2) is 13.8 Å². The van der Waals surface area contributed by atoms with Crippen LogP contribution in [0.25, 0.3) is 22.3 Å². The molecule has 1 aromatic heterocycles. The number of rotatable bonds is 1. The third kappa shape index (κ3) is 1.99. The second kappa shape index (κ2) is 4.28. The lowest BCUT2D eigenvalue weighted by molar-refractivity contribution is 0.510. The fourth-order valence-electron chi connectivity index (χ4n) is 1.87. The van der Waals surface area contributed by atoms with E-state index in [0.29, 0.717) is 11.4 Å². The van der Waals surface area contributed by atoms with E-state index in [9.17, 15) is 13.6 Å². The lowest BCUT2D eigenvalue weighted by Crippen LogP contribution is -2.10. The zero-order valence-electron chi connectivity index (χ0n) is 9.65. The molecule has 0 saturated heterocycles. The summed E-state index contributed by atoms with van der Waals surface area (Å²) in [5, 5.41) is 0.0265. The minimum atomic E-state index is -1.06. The van der Waals surface area contributed by atoms with Crippen molar-refractivity contribution < 1.29 is 8.78 Å². The maximum absolute atomic E-state index is 13.2. The van der Waals surface area contributed by atoms with Gasteiger partial charge in [-0.05, 0) is 6.07 Å². The van der Waals surface area contributed by atoms with E-state index in [-0.39, 0.29) is 10.9 Å². The van der Waals surface area contributed by atoms with E-state index in [0.717, 1.165) is 12.1 Å². The van der Waals surface area contributed by atoms with Crippen LogP contribution in [0.1, 0.15) is 0 Å². The number of aromatic amines is 1. The van der Waals surface area contributed by atoms with Crippen LogP contribution in [0.3, 0.4) is 0 Å². The molecule has 0 spiro atoms. The van der Waals surface area contributed by atoms with Crippen molar-refractivity contribution in [2.45, 2.75) is 0 Å². The number of nitrogens with one attached hydrogen (secondary N) is 1. The Morgan fingerprint density at radius 1 is 1.00 bits per heavy atom. The molecule has 0 aliphatic heterocycles.